The van der Waals surface area contributed by atoms with Crippen LogP contribution >= 0.6 is 0 Å². The first-order valence-electron chi connectivity index (χ1n) is 11.6. The standard InChI is InChI=1S/C26H30N4O4/c1-3-25(32)28-19-10-13-24(31)21(14-19)22-15-23(18-6-4-5-7-18)30(29-22)26(33)27-16-17-8-11-20(34-2)12-9-17/h8-15,18,31H,3-7,16H2,1-2H3,(H,27,33)(H,28,32). The molecule has 1 aliphatic carbocycles. The highest BCUT2D eigenvalue weighted by Crippen LogP contribution is 2.38. The topological polar surface area (TPSA) is 105 Å². The number of rotatable bonds is 7. The molecule has 3 N–H and O–H groups in total. The normalized spacial score (nSPS) is 13.6. The van der Waals surface area contributed by atoms with Gasteiger partial charge >= 0.3 is 6.03 Å². The van der Waals surface area contributed by atoms with Gasteiger partial charge in [-0.3, -0.25) is 4.79 Å². The van der Waals surface area contributed by atoms with Crippen LogP contribution in [-0.4, -0.2) is 33.9 Å². The molecule has 0 aliphatic heterocycles. The maximum absolute atomic E-state index is 13.1. The van der Waals surface area contributed by atoms with E-state index in [0.29, 0.717) is 29.9 Å². The molecule has 0 unspecified atom stereocenters. The zero-order valence-corrected chi connectivity index (χ0v) is 19.5. The molecule has 0 atom stereocenters. The number of phenolic OH excluding ortho intramolecular Hbond substituents is 1. The minimum Gasteiger partial charge on any atom is -0.507 e. The Morgan fingerprint density at radius 1 is 1.12 bits per heavy atom. The van der Waals surface area contributed by atoms with Crippen molar-refractivity contribution in [3.05, 3.63) is 59.8 Å². The Balaban J connectivity index is 1.61. The first-order valence-corrected chi connectivity index (χ1v) is 11.6. The molecule has 4 rings (SSSR count). The number of hydrogen-bond donors (Lipinski definition) is 3. The number of hydrogen-bond acceptors (Lipinski definition) is 5. The van der Waals surface area contributed by atoms with E-state index in [1.807, 2.05) is 30.3 Å². The van der Waals surface area contributed by atoms with Gasteiger partial charge in [-0.05, 0) is 54.8 Å². The average molecular weight is 463 g/mol. The van der Waals surface area contributed by atoms with Crippen LogP contribution < -0.4 is 15.4 Å². The number of amides is 2. The highest BCUT2D eigenvalue weighted by Gasteiger charge is 2.26. The second kappa shape index (κ2) is 10.4. The molecule has 0 saturated heterocycles. The van der Waals surface area contributed by atoms with E-state index >= 15 is 0 Å². The van der Waals surface area contributed by atoms with Gasteiger partial charge in [0.05, 0.1) is 18.5 Å². The lowest BCUT2D eigenvalue weighted by Crippen LogP contribution is -2.30. The Morgan fingerprint density at radius 3 is 2.53 bits per heavy atom. The van der Waals surface area contributed by atoms with Crippen molar-refractivity contribution in [2.75, 3.05) is 12.4 Å². The molecule has 1 saturated carbocycles. The lowest BCUT2D eigenvalue weighted by molar-refractivity contribution is -0.115. The van der Waals surface area contributed by atoms with Crippen LogP contribution in [0.3, 0.4) is 0 Å². The number of anilines is 1. The minimum atomic E-state index is -0.320. The zero-order chi connectivity index (χ0) is 24.1. The Morgan fingerprint density at radius 2 is 1.85 bits per heavy atom. The van der Waals surface area contributed by atoms with Crippen molar-refractivity contribution in [1.82, 2.24) is 15.1 Å². The number of carbonyl (C=O) groups is 2. The smallest absolute Gasteiger partial charge is 0.342 e. The largest absolute Gasteiger partial charge is 0.507 e. The van der Waals surface area contributed by atoms with Gasteiger partial charge in [-0.2, -0.15) is 9.78 Å². The van der Waals surface area contributed by atoms with Crippen molar-refractivity contribution < 1.29 is 19.4 Å². The molecule has 1 fully saturated rings. The van der Waals surface area contributed by atoms with E-state index in [-0.39, 0.29) is 23.6 Å². The molecular formula is C26H30N4O4. The molecule has 8 heteroatoms. The molecule has 34 heavy (non-hydrogen) atoms. The Hall–Kier alpha value is -3.81. The summed E-state index contributed by atoms with van der Waals surface area (Å²) in [5.41, 5.74) is 3.31. The number of nitrogens with zero attached hydrogens (tertiary/aromatic N) is 2. The van der Waals surface area contributed by atoms with Gasteiger partial charge in [0.25, 0.3) is 0 Å². The van der Waals surface area contributed by atoms with Gasteiger partial charge in [-0.1, -0.05) is 31.9 Å². The summed E-state index contributed by atoms with van der Waals surface area (Å²) in [4.78, 5) is 25.0. The van der Waals surface area contributed by atoms with Crippen LogP contribution in [0.2, 0.25) is 0 Å². The van der Waals surface area contributed by atoms with Gasteiger partial charge < -0.3 is 20.5 Å². The second-order valence-electron chi connectivity index (χ2n) is 8.49. The van der Waals surface area contributed by atoms with E-state index in [1.165, 1.54) is 10.7 Å². The quantitative estimate of drug-likeness (QED) is 0.427. The van der Waals surface area contributed by atoms with E-state index in [2.05, 4.69) is 15.7 Å². The predicted molar refractivity (Wildman–Crippen MR) is 130 cm³/mol. The van der Waals surface area contributed by atoms with E-state index in [0.717, 1.165) is 42.7 Å². The zero-order valence-electron chi connectivity index (χ0n) is 19.5. The predicted octanol–water partition coefficient (Wildman–Crippen LogP) is 5.03. The number of phenols is 1. The van der Waals surface area contributed by atoms with E-state index < -0.39 is 0 Å². The fourth-order valence-electron chi connectivity index (χ4n) is 4.27. The summed E-state index contributed by atoms with van der Waals surface area (Å²) < 4.78 is 6.60. The number of ether oxygens (including phenoxy) is 1. The Kier molecular flexibility index (Phi) is 7.15. The van der Waals surface area contributed by atoms with Gasteiger partial charge in [0.15, 0.2) is 0 Å². The maximum atomic E-state index is 13.1. The summed E-state index contributed by atoms with van der Waals surface area (Å²) in [6.07, 6.45) is 4.57. The third-order valence-corrected chi connectivity index (χ3v) is 6.18. The number of methoxy groups -OCH3 is 1. The van der Waals surface area contributed by atoms with Crippen molar-refractivity contribution in [3.63, 3.8) is 0 Å². The van der Waals surface area contributed by atoms with Crippen molar-refractivity contribution in [2.24, 2.45) is 0 Å². The summed E-state index contributed by atoms with van der Waals surface area (Å²) in [5.74, 6) is 0.910. The summed E-state index contributed by atoms with van der Waals surface area (Å²) in [6.45, 7) is 2.13. The van der Waals surface area contributed by atoms with Crippen LogP contribution in [0.25, 0.3) is 11.3 Å². The van der Waals surface area contributed by atoms with Crippen LogP contribution in [0.4, 0.5) is 10.5 Å². The second-order valence-corrected chi connectivity index (χ2v) is 8.49. The summed E-state index contributed by atoms with van der Waals surface area (Å²) in [5, 5.41) is 20.8. The van der Waals surface area contributed by atoms with Gasteiger partial charge in [0.1, 0.15) is 11.5 Å². The Bertz CT molecular complexity index is 1160. The molecule has 0 radical (unpaired) electrons. The van der Waals surface area contributed by atoms with Gasteiger partial charge in [0, 0.05) is 30.1 Å². The summed E-state index contributed by atoms with van der Waals surface area (Å²) in [7, 11) is 1.61. The molecule has 2 aromatic carbocycles. The maximum Gasteiger partial charge on any atom is 0.342 e. The molecular weight excluding hydrogens is 432 g/mol. The summed E-state index contributed by atoms with van der Waals surface area (Å²) in [6, 6.07) is 13.9. The van der Waals surface area contributed by atoms with Crippen molar-refractivity contribution >= 4 is 17.6 Å². The number of aromatic hydroxyl groups is 1. The third kappa shape index (κ3) is 5.22. The number of carbonyl (C=O) groups excluding carboxylic acids is 2. The van der Waals surface area contributed by atoms with E-state index in [4.69, 9.17) is 4.74 Å². The highest BCUT2D eigenvalue weighted by atomic mass is 16.5. The molecule has 2 amide bonds. The van der Waals surface area contributed by atoms with Gasteiger partial charge in [0.2, 0.25) is 5.91 Å². The van der Waals surface area contributed by atoms with Crippen LogP contribution in [0, 0.1) is 0 Å². The molecule has 1 aliphatic rings. The first kappa shape index (κ1) is 23.4. The fraction of sp³-hybridized carbons (Fsp3) is 0.346. The molecule has 0 bridgehead atoms. The molecule has 1 heterocycles. The number of nitrogens with one attached hydrogen (secondary N) is 2. The Labute approximate surface area is 198 Å². The van der Waals surface area contributed by atoms with Gasteiger partial charge in [-0.25, -0.2) is 4.79 Å². The monoisotopic (exact) mass is 462 g/mol. The molecule has 8 nitrogen and oxygen atoms in total. The molecule has 1 aromatic heterocycles. The van der Waals surface area contributed by atoms with Crippen LogP contribution in [-0.2, 0) is 11.3 Å². The van der Waals surface area contributed by atoms with Crippen molar-refractivity contribution in [1.29, 1.82) is 0 Å². The van der Waals surface area contributed by atoms with E-state index in [1.54, 1.807) is 26.2 Å². The molecule has 0 spiro atoms. The molecule has 178 valence electrons. The van der Waals surface area contributed by atoms with Crippen molar-refractivity contribution in [2.45, 2.75) is 51.5 Å². The van der Waals surface area contributed by atoms with Crippen molar-refractivity contribution in [3.8, 4) is 22.8 Å². The third-order valence-electron chi connectivity index (χ3n) is 6.18. The van der Waals surface area contributed by atoms with Crippen LogP contribution in [0.1, 0.15) is 56.2 Å². The summed E-state index contributed by atoms with van der Waals surface area (Å²) >= 11 is 0. The van der Waals surface area contributed by atoms with E-state index in [9.17, 15) is 14.7 Å². The lowest BCUT2D eigenvalue weighted by atomic mass is 10.0. The fourth-order valence-corrected chi connectivity index (χ4v) is 4.27. The van der Waals surface area contributed by atoms with Gasteiger partial charge in [-0.15, -0.1) is 0 Å². The number of aromatic nitrogens is 2. The molecule has 3 aromatic rings. The minimum absolute atomic E-state index is 0.0377. The first-order chi connectivity index (χ1) is 16.5. The highest BCUT2D eigenvalue weighted by molar-refractivity contribution is 5.91. The number of benzene rings is 2. The van der Waals surface area contributed by atoms with Crippen LogP contribution in [0.15, 0.2) is 48.5 Å². The average Bonchev–Trinajstić information content (AvgIpc) is 3.54. The lowest BCUT2D eigenvalue weighted by Gasteiger charge is -2.12. The SMILES string of the molecule is CCC(=O)Nc1ccc(O)c(-c2cc(C3CCCC3)n(C(=O)NCc3ccc(OC)cc3)n2)c1. The van der Waals surface area contributed by atoms with Crippen LogP contribution in [0.5, 0.6) is 11.5 Å².